The van der Waals surface area contributed by atoms with Crippen LogP contribution >= 0.6 is 0 Å². The smallest absolute Gasteiger partial charge is 0.489 e. The number of hydrogen-bond acceptors (Lipinski definition) is 3. The van der Waals surface area contributed by atoms with Gasteiger partial charge in [0.2, 0.25) is 0 Å². The summed E-state index contributed by atoms with van der Waals surface area (Å²) >= 11 is 0. The highest BCUT2D eigenvalue weighted by Crippen LogP contribution is 2.41. The van der Waals surface area contributed by atoms with Crippen molar-refractivity contribution in [1.82, 2.24) is 0 Å². The molecule has 0 aromatic heterocycles. The summed E-state index contributed by atoms with van der Waals surface area (Å²) in [7, 11) is -0.550. The zero-order valence-corrected chi connectivity index (χ0v) is 13.5. The van der Waals surface area contributed by atoms with Gasteiger partial charge >= 0.3 is 7.12 Å². The summed E-state index contributed by atoms with van der Waals surface area (Å²) in [4.78, 5) is 0. The third kappa shape index (κ3) is 2.18. The van der Waals surface area contributed by atoms with Crippen molar-refractivity contribution in [3.8, 4) is 5.75 Å². The first-order chi connectivity index (χ1) is 9.53. The molecular formula is C16H22BFO3. The molecule has 0 aliphatic carbocycles. The van der Waals surface area contributed by atoms with Gasteiger partial charge in [0.1, 0.15) is 0 Å². The quantitative estimate of drug-likeness (QED) is 0.745. The van der Waals surface area contributed by atoms with Crippen molar-refractivity contribution in [2.75, 3.05) is 6.61 Å². The van der Waals surface area contributed by atoms with Gasteiger partial charge in [-0.15, -0.1) is 0 Å². The predicted molar refractivity (Wildman–Crippen MR) is 80.6 cm³/mol. The Balaban J connectivity index is 2.01. The Morgan fingerprint density at radius 1 is 1.00 bits per heavy atom. The monoisotopic (exact) mass is 292 g/mol. The van der Waals surface area contributed by atoms with Crippen molar-refractivity contribution in [1.29, 1.82) is 0 Å². The largest absolute Gasteiger partial charge is 0.494 e. The maximum atomic E-state index is 14.3. The van der Waals surface area contributed by atoms with E-state index >= 15 is 0 Å². The van der Waals surface area contributed by atoms with Crippen LogP contribution in [0.15, 0.2) is 12.1 Å². The predicted octanol–water partition coefficient (Wildman–Crippen LogP) is 2.79. The van der Waals surface area contributed by atoms with Crippen molar-refractivity contribution >= 4 is 12.6 Å². The van der Waals surface area contributed by atoms with Crippen LogP contribution in [0.3, 0.4) is 0 Å². The molecule has 21 heavy (non-hydrogen) atoms. The Labute approximate surface area is 125 Å². The Kier molecular flexibility index (Phi) is 2.99. The van der Waals surface area contributed by atoms with Gasteiger partial charge < -0.3 is 14.0 Å². The second-order valence-electron chi connectivity index (χ2n) is 7.64. The number of hydrogen-bond donors (Lipinski definition) is 0. The van der Waals surface area contributed by atoms with Gasteiger partial charge in [-0.1, -0.05) is 19.9 Å². The molecule has 3 nitrogen and oxygen atoms in total. The van der Waals surface area contributed by atoms with Crippen LogP contribution in [0, 0.1) is 5.82 Å². The van der Waals surface area contributed by atoms with Crippen LogP contribution in [-0.4, -0.2) is 24.9 Å². The minimum atomic E-state index is -0.550. The molecule has 1 aromatic rings. The molecule has 0 amide bonds. The summed E-state index contributed by atoms with van der Waals surface area (Å²) in [6.45, 7) is 12.5. The normalized spacial score (nSPS) is 24.8. The lowest BCUT2D eigenvalue weighted by atomic mass is 9.75. The van der Waals surface area contributed by atoms with Gasteiger partial charge in [0.25, 0.3) is 0 Å². The van der Waals surface area contributed by atoms with Gasteiger partial charge in [0.05, 0.1) is 17.8 Å². The topological polar surface area (TPSA) is 27.7 Å². The highest BCUT2D eigenvalue weighted by Gasteiger charge is 2.52. The Hall–Kier alpha value is -1.07. The minimum absolute atomic E-state index is 0.199. The van der Waals surface area contributed by atoms with E-state index in [9.17, 15) is 4.39 Å². The first kappa shape index (κ1) is 14.9. The van der Waals surface area contributed by atoms with Crippen LogP contribution in [-0.2, 0) is 14.7 Å². The summed E-state index contributed by atoms with van der Waals surface area (Å²) in [6, 6.07) is 3.41. The van der Waals surface area contributed by atoms with E-state index in [1.807, 2.05) is 47.6 Å². The molecule has 2 heterocycles. The summed E-state index contributed by atoms with van der Waals surface area (Å²) in [5.41, 5.74) is 0.532. The fourth-order valence-electron chi connectivity index (χ4n) is 2.71. The van der Waals surface area contributed by atoms with Gasteiger partial charge in [-0.05, 0) is 39.2 Å². The molecule has 3 rings (SSSR count). The van der Waals surface area contributed by atoms with E-state index in [0.29, 0.717) is 17.8 Å². The van der Waals surface area contributed by atoms with Gasteiger partial charge in [0, 0.05) is 11.0 Å². The van der Waals surface area contributed by atoms with Gasteiger partial charge in [-0.2, -0.15) is 0 Å². The molecule has 0 spiro atoms. The molecular weight excluding hydrogens is 270 g/mol. The lowest BCUT2D eigenvalue weighted by Crippen LogP contribution is -2.41. The van der Waals surface area contributed by atoms with Crippen molar-refractivity contribution in [3.05, 3.63) is 23.5 Å². The van der Waals surface area contributed by atoms with E-state index in [2.05, 4.69) is 0 Å². The average molecular weight is 292 g/mol. The van der Waals surface area contributed by atoms with Crippen LogP contribution in [0.2, 0.25) is 0 Å². The van der Waals surface area contributed by atoms with Crippen LogP contribution in [0.5, 0.6) is 5.75 Å². The standard InChI is InChI=1S/C16H22BFO3/c1-14(2)9-19-13-11(14)7-10(8-12(13)18)17-20-15(3,4)16(5,6)21-17/h7-8H,9H2,1-6H3. The van der Waals surface area contributed by atoms with Gasteiger partial charge in [0.15, 0.2) is 11.6 Å². The molecule has 5 heteroatoms. The Morgan fingerprint density at radius 2 is 1.57 bits per heavy atom. The SMILES string of the molecule is CC1(C)COc2c(F)cc(B3OC(C)(C)C(C)(C)O3)cc21. The molecule has 0 saturated carbocycles. The lowest BCUT2D eigenvalue weighted by Gasteiger charge is -2.32. The zero-order valence-electron chi connectivity index (χ0n) is 13.5. The highest BCUT2D eigenvalue weighted by atomic mass is 19.1. The van der Waals surface area contributed by atoms with Crippen molar-refractivity contribution in [3.63, 3.8) is 0 Å². The van der Waals surface area contributed by atoms with Crippen LogP contribution in [0.4, 0.5) is 4.39 Å². The molecule has 114 valence electrons. The molecule has 0 unspecified atom stereocenters. The maximum absolute atomic E-state index is 14.3. The number of ether oxygens (including phenoxy) is 1. The molecule has 1 aromatic carbocycles. The molecule has 1 fully saturated rings. The molecule has 0 N–H and O–H groups in total. The van der Waals surface area contributed by atoms with Crippen molar-refractivity contribution in [2.24, 2.45) is 0 Å². The van der Waals surface area contributed by atoms with E-state index in [-0.39, 0.29) is 11.2 Å². The lowest BCUT2D eigenvalue weighted by molar-refractivity contribution is 0.00578. The molecule has 0 atom stereocenters. The van der Waals surface area contributed by atoms with Gasteiger partial charge in [-0.25, -0.2) is 4.39 Å². The number of benzene rings is 1. The first-order valence-corrected chi connectivity index (χ1v) is 7.36. The molecule has 1 saturated heterocycles. The molecule has 2 aliphatic rings. The first-order valence-electron chi connectivity index (χ1n) is 7.36. The van der Waals surface area contributed by atoms with Crippen LogP contribution in [0.25, 0.3) is 0 Å². The fraction of sp³-hybridized carbons (Fsp3) is 0.625. The second-order valence-corrected chi connectivity index (χ2v) is 7.64. The summed E-state index contributed by atoms with van der Waals surface area (Å²) < 4.78 is 31.8. The number of halogens is 1. The third-order valence-electron chi connectivity index (χ3n) is 4.90. The number of rotatable bonds is 1. The highest BCUT2D eigenvalue weighted by molar-refractivity contribution is 6.62. The van der Waals surface area contributed by atoms with Gasteiger partial charge in [-0.3, -0.25) is 0 Å². The minimum Gasteiger partial charge on any atom is -0.489 e. The third-order valence-corrected chi connectivity index (χ3v) is 4.90. The van der Waals surface area contributed by atoms with E-state index < -0.39 is 18.3 Å². The summed E-state index contributed by atoms with van der Waals surface area (Å²) in [6.07, 6.45) is 0. The van der Waals surface area contributed by atoms with Crippen molar-refractivity contribution < 1.29 is 18.4 Å². The summed E-state index contributed by atoms with van der Waals surface area (Å²) in [5, 5.41) is 0. The Bertz CT molecular complexity index is 579. The fourth-order valence-corrected chi connectivity index (χ4v) is 2.71. The Morgan fingerprint density at radius 3 is 2.14 bits per heavy atom. The van der Waals surface area contributed by atoms with Crippen molar-refractivity contribution in [2.45, 2.75) is 58.2 Å². The average Bonchev–Trinajstić information content (AvgIpc) is 2.74. The molecule has 2 aliphatic heterocycles. The van der Waals surface area contributed by atoms with Crippen LogP contribution in [0.1, 0.15) is 47.1 Å². The summed E-state index contributed by atoms with van der Waals surface area (Å²) in [5.74, 6) is 0.0167. The van der Waals surface area contributed by atoms with E-state index in [1.54, 1.807) is 0 Å². The van der Waals surface area contributed by atoms with E-state index in [0.717, 1.165) is 5.56 Å². The van der Waals surface area contributed by atoms with Crippen LogP contribution < -0.4 is 10.2 Å². The van der Waals surface area contributed by atoms with E-state index in [4.69, 9.17) is 14.0 Å². The maximum Gasteiger partial charge on any atom is 0.494 e. The number of fused-ring (bicyclic) bond motifs is 1. The molecule has 0 radical (unpaired) electrons. The molecule has 0 bridgehead atoms. The zero-order chi connectivity index (χ0) is 15.6. The van der Waals surface area contributed by atoms with E-state index in [1.165, 1.54) is 6.07 Å². The second kappa shape index (κ2) is 4.23.